The molecule has 0 amide bonds. The number of aromatic hydroxyl groups is 2. The van der Waals surface area contributed by atoms with Gasteiger partial charge in [-0.3, -0.25) is 0 Å². The van der Waals surface area contributed by atoms with E-state index < -0.39 is 23.5 Å². The number of benzene rings is 3. The Bertz CT molecular complexity index is 1260. The highest BCUT2D eigenvalue weighted by Crippen LogP contribution is 2.56. The summed E-state index contributed by atoms with van der Waals surface area (Å²) in [6, 6.07) is 16.6. The molecule has 2 aliphatic rings. The van der Waals surface area contributed by atoms with Crippen molar-refractivity contribution in [3.63, 3.8) is 0 Å². The molecule has 2 aliphatic heterocycles. The molecule has 0 saturated carbocycles. The van der Waals surface area contributed by atoms with Crippen LogP contribution < -0.4 is 4.74 Å². The van der Waals surface area contributed by atoms with Gasteiger partial charge in [0.1, 0.15) is 23.0 Å². The first kappa shape index (κ1) is 21.4. The number of carbonyl (C=O) groups excluding carboxylic acids is 1. The van der Waals surface area contributed by atoms with Gasteiger partial charge in [0.15, 0.2) is 5.60 Å². The molecular formula is C24H16O9. The standard InChI is InChI=1S/C20H12O5.C4H4O4/c21-11-5-7-15-17(9-11)24-18-10-12(22)6-8-16(18)20(15)14-4-2-1-3-13(14)19(23)25-20;5-3(6)1-2-4(7)8/h1-10,21-22H;1-2H,(H,5,6)(H,7,8)/b;2-1-. The van der Waals surface area contributed by atoms with Crippen molar-refractivity contribution < 1.29 is 44.3 Å². The quantitative estimate of drug-likeness (QED) is 0.342. The molecule has 3 aromatic carbocycles. The summed E-state index contributed by atoms with van der Waals surface area (Å²) in [5, 5.41) is 35.3. The van der Waals surface area contributed by atoms with Gasteiger partial charge in [-0.25, -0.2) is 14.4 Å². The fourth-order valence-corrected chi connectivity index (χ4v) is 3.80. The molecule has 0 aliphatic carbocycles. The van der Waals surface area contributed by atoms with Crippen LogP contribution in [0.5, 0.6) is 23.0 Å². The highest BCUT2D eigenvalue weighted by atomic mass is 16.6. The van der Waals surface area contributed by atoms with Crippen LogP contribution in [0.2, 0.25) is 0 Å². The third-order valence-electron chi connectivity index (χ3n) is 5.05. The van der Waals surface area contributed by atoms with Crippen molar-refractivity contribution in [3.8, 4) is 23.0 Å². The van der Waals surface area contributed by atoms with Gasteiger partial charge < -0.3 is 29.9 Å². The van der Waals surface area contributed by atoms with E-state index in [2.05, 4.69) is 0 Å². The van der Waals surface area contributed by atoms with Crippen LogP contribution in [0.3, 0.4) is 0 Å². The molecule has 3 aromatic rings. The summed E-state index contributed by atoms with van der Waals surface area (Å²) >= 11 is 0. The molecule has 0 unspecified atom stereocenters. The molecule has 4 N–H and O–H groups in total. The van der Waals surface area contributed by atoms with Gasteiger partial charge in [0, 0.05) is 41.0 Å². The van der Waals surface area contributed by atoms with E-state index in [0.717, 1.165) is 0 Å². The number of carboxylic acid groups (broad SMARTS) is 2. The second kappa shape index (κ2) is 8.04. The van der Waals surface area contributed by atoms with E-state index in [-0.39, 0.29) is 11.5 Å². The van der Waals surface area contributed by atoms with E-state index >= 15 is 0 Å². The van der Waals surface area contributed by atoms with Crippen LogP contribution in [0.4, 0.5) is 0 Å². The predicted octanol–water partition coefficient (Wildman–Crippen LogP) is 3.38. The molecule has 0 saturated heterocycles. The molecule has 0 fully saturated rings. The van der Waals surface area contributed by atoms with Gasteiger partial charge in [0.2, 0.25) is 0 Å². The molecule has 0 radical (unpaired) electrons. The van der Waals surface area contributed by atoms with Crippen LogP contribution >= 0.6 is 0 Å². The Labute approximate surface area is 186 Å². The van der Waals surface area contributed by atoms with Gasteiger partial charge in [-0.1, -0.05) is 18.2 Å². The van der Waals surface area contributed by atoms with Gasteiger partial charge in [-0.05, 0) is 30.3 Å². The number of fused-ring (bicyclic) bond motifs is 6. The summed E-state index contributed by atoms with van der Waals surface area (Å²) in [6.07, 6.45) is 1.12. The van der Waals surface area contributed by atoms with E-state index in [1.54, 1.807) is 24.3 Å². The molecule has 9 heteroatoms. The van der Waals surface area contributed by atoms with Crippen LogP contribution in [-0.2, 0) is 19.9 Å². The second-order valence-electron chi connectivity index (χ2n) is 7.09. The lowest BCUT2D eigenvalue weighted by Gasteiger charge is -2.36. The molecule has 0 atom stereocenters. The fourth-order valence-electron chi connectivity index (χ4n) is 3.80. The maximum atomic E-state index is 12.5. The second-order valence-corrected chi connectivity index (χ2v) is 7.09. The highest BCUT2D eigenvalue weighted by Gasteiger charge is 2.53. The molecule has 0 bridgehead atoms. The van der Waals surface area contributed by atoms with Crippen molar-refractivity contribution >= 4 is 17.9 Å². The number of rotatable bonds is 2. The van der Waals surface area contributed by atoms with E-state index in [0.29, 0.717) is 45.9 Å². The summed E-state index contributed by atoms with van der Waals surface area (Å²) in [6.45, 7) is 0. The number of phenolic OH excluding ortho intramolecular Hbond substituents is 2. The van der Waals surface area contributed by atoms with Gasteiger partial charge >= 0.3 is 17.9 Å². The molecule has 9 nitrogen and oxygen atoms in total. The van der Waals surface area contributed by atoms with Gasteiger partial charge in [-0.2, -0.15) is 0 Å². The van der Waals surface area contributed by atoms with Crippen molar-refractivity contribution in [2.24, 2.45) is 0 Å². The van der Waals surface area contributed by atoms with Crippen LogP contribution in [0.15, 0.2) is 72.8 Å². The van der Waals surface area contributed by atoms with E-state index in [9.17, 15) is 24.6 Å². The van der Waals surface area contributed by atoms with E-state index in [1.807, 2.05) is 12.1 Å². The molecule has 0 aromatic heterocycles. The largest absolute Gasteiger partial charge is 0.508 e. The Morgan fingerprint density at radius 3 is 1.79 bits per heavy atom. The van der Waals surface area contributed by atoms with Crippen molar-refractivity contribution in [3.05, 3.63) is 95.1 Å². The molecule has 166 valence electrons. The smallest absolute Gasteiger partial charge is 0.340 e. The Balaban J connectivity index is 0.000000281. The Kier molecular flexibility index (Phi) is 5.23. The number of carbonyl (C=O) groups is 3. The van der Waals surface area contributed by atoms with Gasteiger partial charge in [0.25, 0.3) is 0 Å². The highest BCUT2D eigenvalue weighted by molar-refractivity contribution is 5.97. The van der Waals surface area contributed by atoms with Crippen LogP contribution in [0, 0.1) is 0 Å². The van der Waals surface area contributed by atoms with Crippen LogP contribution in [-0.4, -0.2) is 38.3 Å². The number of aliphatic carboxylic acids is 2. The zero-order chi connectivity index (χ0) is 23.8. The number of carboxylic acids is 2. The Morgan fingerprint density at radius 2 is 1.27 bits per heavy atom. The summed E-state index contributed by atoms with van der Waals surface area (Å²) in [5.74, 6) is -2.11. The minimum absolute atomic E-state index is 0.0371. The summed E-state index contributed by atoms with van der Waals surface area (Å²) in [4.78, 5) is 31.6. The molecule has 33 heavy (non-hydrogen) atoms. The summed E-state index contributed by atoms with van der Waals surface area (Å²) in [7, 11) is 0. The van der Waals surface area contributed by atoms with Gasteiger partial charge in [0.05, 0.1) is 5.56 Å². The molecule has 1 spiro atoms. The van der Waals surface area contributed by atoms with Crippen LogP contribution in [0.1, 0.15) is 27.0 Å². The molecular weight excluding hydrogens is 432 g/mol. The van der Waals surface area contributed by atoms with E-state index in [4.69, 9.17) is 19.7 Å². The lowest BCUT2D eigenvalue weighted by molar-refractivity contribution is -0.134. The average Bonchev–Trinajstić information content (AvgIpc) is 3.06. The minimum Gasteiger partial charge on any atom is -0.508 e. The average molecular weight is 448 g/mol. The van der Waals surface area contributed by atoms with Crippen molar-refractivity contribution in [2.45, 2.75) is 5.60 Å². The summed E-state index contributed by atoms with van der Waals surface area (Å²) < 4.78 is 11.8. The topological polar surface area (TPSA) is 151 Å². The zero-order valence-electron chi connectivity index (χ0n) is 16.8. The maximum absolute atomic E-state index is 12.5. The number of phenols is 2. The van der Waals surface area contributed by atoms with Crippen molar-refractivity contribution in [1.82, 2.24) is 0 Å². The number of hydrogen-bond donors (Lipinski definition) is 4. The zero-order valence-corrected chi connectivity index (χ0v) is 16.8. The summed E-state index contributed by atoms with van der Waals surface area (Å²) in [5.41, 5.74) is 1.28. The lowest BCUT2D eigenvalue weighted by atomic mass is 9.77. The van der Waals surface area contributed by atoms with Crippen molar-refractivity contribution in [1.29, 1.82) is 0 Å². The van der Waals surface area contributed by atoms with Gasteiger partial charge in [-0.15, -0.1) is 0 Å². The molecule has 5 rings (SSSR count). The maximum Gasteiger partial charge on any atom is 0.340 e. The Morgan fingerprint density at radius 1 is 0.758 bits per heavy atom. The first-order valence-corrected chi connectivity index (χ1v) is 9.54. The Hall–Kier alpha value is -4.79. The number of ether oxygens (including phenoxy) is 2. The lowest BCUT2D eigenvalue weighted by Crippen LogP contribution is -2.32. The minimum atomic E-state index is -1.26. The first-order chi connectivity index (χ1) is 15.7. The number of esters is 1. The van der Waals surface area contributed by atoms with E-state index in [1.165, 1.54) is 24.3 Å². The monoisotopic (exact) mass is 448 g/mol. The SMILES string of the molecule is O=C(O)/C=C\C(=O)O.O=C1OC2(c3ccc(O)cc3Oc3cc(O)ccc32)c2ccccc21. The third-order valence-corrected chi connectivity index (χ3v) is 5.05. The predicted molar refractivity (Wildman–Crippen MR) is 112 cm³/mol. The first-order valence-electron chi connectivity index (χ1n) is 9.54. The normalized spacial score (nSPS) is 14.2. The van der Waals surface area contributed by atoms with Crippen LogP contribution in [0.25, 0.3) is 0 Å². The fraction of sp³-hybridized carbons (Fsp3) is 0.0417. The van der Waals surface area contributed by atoms with Crippen molar-refractivity contribution in [2.75, 3.05) is 0 Å². The molecule has 2 heterocycles. The number of hydrogen-bond acceptors (Lipinski definition) is 7. The third kappa shape index (κ3) is 3.72.